The van der Waals surface area contributed by atoms with Crippen molar-refractivity contribution in [3.8, 4) is 16.3 Å². The lowest BCUT2D eigenvalue weighted by Crippen LogP contribution is -2.26. The maximum atomic E-state index is 12.4. The zero-order valence-electron chi connectivity index (χ0n) is 13.7. The molecule has 1 aromatic carbocycles. The van der Waals surface area contributed by atoms with Crippen LogP contribution < -0.4 is 9.46 Å². The molecule has 2 aromatic heterocycles. The summed E-state index contributed by atoms with van der Waals surface area (Å²) in [4.78, 5) is 8.69. The molecule has 0 radical (unpaired) electrons. The summed E-state index contributed by atoms with van der Waals surface area (Å²) in [6.07, 6.45) is 2.16. The monoisotopic (exact) mass is 377 g/mol. The first kappa shape index (κ1) is 17.7. The summed E-state index contributed by atoms with van der Waals surface area (Å²) in [5.74, 6) is 0.652. The van der Waals surface area contributed by atoms with Gasteiger partial charge in [0.2, 0.25) is 10.0 Å². The topological polar surface area (TPSA) is 84.1 Å². The number of sulfonamides is 1. The zero-order valence-corrected chi connectivity index (χ0v) is 15.4. The summed E-state index contributed by atoms with van der Waals surface area (Å²) in [5.41, 5.74) is 1.78. The van der Waals surface area contributed by atoms with Crippen molar-refractivity contribution in [3.63, 3.8) is 0 Å². The van der Waals surface area contributed by atoms with E-state index in [0.29, 0.717) is 18.8 Å². The van der Waals surface area contributed by atoms with Crippen LogP contribution in [0.5, 0.6) is 5.75 Å². The Morgan fingerprint density at radius 3 is 2.72 bits per heavy atom. The second-order valence-electron chi connectivity index (χ2n) is 5.26. The van der Waals surface area contributed by atoms with E-state index in [1.54, 1.807) is 41.9 Å². The van der Waals surface area contributed by atoms with Gasteiger partial charge in [-0.15, -0.1) is 11.3 Å². The highest BCUT2D eigenvalue weighted by atomic mass is 32.2. The molecule has 0 aliphatic heterocycles. The largest absolute Gasteiger partial charge is 0.494 e. The molecule has 132 valence electrons. The van der Waals surface area contributed by atoms with Crippen LogP contribution in [-0.4, -0.2) is 31.5 Å². The number of hydrogen-bond donors (Lipinski definition) is 2. The summed E-state index contributed by atoms with van der Waals surface area (Å²) in [5, 5.41) is 1.99. The molecule has 0 aliphatic rings. The molecule has 2 N–H and O–H groups in total. The Morgan fingerprint density at radius 1 is 1.24 bits per heavy atom. The highest BCUT2D eigenvalue weighted by Crippen LogP contribution is 2.25. The van der Waals surface area contributed by atoms with Gasteiger partial charge in [0.15, 0.2) is 0 Å². The van der Waals surface area contributed by atoms with Crippen molar-refractivity contribution in [2.24, 2.45) is 0 Å². The Hall–Kier alpha value is -2.16. The van der Waals surface area contributed by atoms with Crippen LogP contribution in [0.1, 0.15) is 12.6 Å². The molecule has 25 heavy (non-hydrogen) atoms. The van der Waals surface area contributed by atoms with E-state index >= 15 is 0 Å². The molecule has 0 atom stereocenters. The van der Waals surface area contributed by atoms with Gasteiger partial charge in [0.25, 0.3) is 0 Å². The van der Waals surface area contributed by atoms with Gasteiger partial charge < -0.3 is 9.72 Å². The molecular formula is C17H19N3O3S2. The van der Waals surface area contributed by atoms with Crippen molar-refractivity contribution < 1.29 is 13.2 Å². The number of rotatable bonds is 8. The minimum Gasteiger partial charge on any atom is -0.494 e. The van der Waals surface area contributed by atoms with Gasteiger partial charge in [-0.2, -0.15) is 0 Å². The first-order valence-electron chi connectivity index (χ1n) is 7.89. The van der Waals surface area contributed by atoms with E-state index in [-0.39, 0.29) is 11.4 Å². The van der Waals surface area contributed by atoms with Gasteiger partial charge in [-0.25, -0.2) is 18.1 Å². The zero-order chi connectivity index (χ0) is 17.7. The van der Waals surface area contributed by atoms with Crippen LogP contribution in [-0.2, 0) is 16.4 Å². The SMILES string of the molecule is CCOc1ccc(S(=O)(=O)NCCc2[nH]cnc2-c2cccs2)cc1. The van der Waals surface area contributed by atoms with E-state index in [0.717, 1.165) is 16.3 Å². The molecule has 0 bridgehead atoms. The summed E-state index contributed by atoms with van der Waals surface area (Å²) < 4.78 is 32.7. The number of aromatic nitrogens is 2. The molecule has 0 saturated carbocycles. The van der Waals surface area contributed by atoms with Crippen molar-refractivity contribution >= 4 is 21.4 Å². The Morgan fingerprint density at radius 2 is 2.04 bits per heavy atom. The predicted octanol–water partition coefficient (Wildman–Crippen LogP) is 3.06. The highest BCUT2D eigenvalue weighted by Gasteiger charge is 2.15. The molecule has 0 aliphatic carbocycles. The molecule has 2 heterocycles. The lowest BCUT2D eigenvalue weighted by atomic mass is 10.2. The molecule has 3 rings (SSSR count). The average molecular weight is 377 g/mol. The van der Waals surface area contributed by atoms with E-state index in [9.17, 15) is 8.42 Å². The van der Waals surface area contributed by atoms with Gasteiger partial charge in [0, 0.05) is 18.7 Å². The van der Waals surface area contributed by atoms with Gasteiger partial charge >= 0.3 is 0 Å². The first-order valence-corrected chi connectivity index (χ1v) is 10.2. The summed E-state index contributed by atoms with van der Waals surface area (Å²) >= 11 is 1.60. The van der Waals surface area contributed by atoms with E-state index < -0.39 is 10.0 Å². The summed E-state index contributed by atoms with van der Waals surface area (Å²) in [6.45, 7) is 2.71. The molecule has 0 fully saturated rings. The van der Waals surface area contributed by atoms with Crippen molar-refractivity contribution in [3.05, 3.63) is 53.8 Å². The van der Waals surface area contributed by atoms with E-state index in [1.807, 2.05) is 24.4 Å². The highest BCUT2D eigenvalue weighted by molar-refractivity contribution is 7.89. The number of imidazole rings is 1. The van der Waals surface area contributed by atoms with Crippen LogP contribution >= 0.6 is 11.3 Å². The standard InChI is InChI=1S/C17H19N3O3S2/c1-2-23-13-5-7-14(8-6-13)25(21,22)20-10-9-15-17(19-12-18-15)16-4-3-11-24-16/h3-8,11-12,20H,2,9-10H2,1H3,(H,18,19). The molecule has 8 heteroatoms. The fourth-order valence-electron chi connectivity index (χ4n) is 2.41. The Labute approximate surface area is 150 Å². The molecule has 0 unspecified atom stereocenters. The smallest absolute Gasteiger partial charge is 0.240 e. The first-order chi connectivity index (χ1) is 12.1. The minimum atomic E-state index is -3.55. The van der Waals surface area contributed by atoms with E-state index in [2.05, 4.69) is 14.7 Å². The van der Waals surface area contributed by atoms with Crippen molar-refractivity contribution in [1.82, 2.24) is 14.7 Å². The number of ether oxygens (including phenoxy) is 1. The molecule has 6 nitrogen and oxygen atoms in total. The predicted molar refractivity (Wildman–Crippen MR) is 98.4 cm³/mol. The normalized spacial score (nSPS) is 11.6. The van der Waals surface area contributed by atoms with Gasteiger partial charge in [-0.3, -0.25) is 0 Å². The Bertz CT molecular complexity index is 901. The third-order valence-corrected chi connectivity index (χ3v) is 5.94. The maximum Gasteiger partial charge on any atom is 0.240 e. The third kappa shape index (κ3) is 4.28. The van der Waals surface area contributed by atoms with Crippen LogP contribution in [0.3, 0.4) is 0 Å². The quantitative estimate of drug-likeness (QED) is 0.632. The molecular weight excluding hydrogens is 358 g/mol. The second-order valence-corrected chi connectivity index (χ2v) is 7.97. The molecule has 0 amide bonds. The second kappa shape index (κ2) is 7.81. The number of nitrogens with zero attached hydrogens (tertiary/aromatic N) is 1. The van der Waals surface area contributed by atoms with Crippen LogP contribution in [0.25, 0.3) is 10.6 Å². The molecule has 0 spiro atoms. The number of thiophene rings is 1. The van der Waals surface area contributed by atoms with Crippen molar-refractivity contribution in [2.75, 3.05) is 13.2 Å². The summed E-state index contributed by atoms with van der Waals surface area (Å²) in [7, 11) is -3.55. The number of aromatic amines is 1. The van der Waals surface area contributed by atoms with Gasteiger partial charge in [-0.05, 0) is 42.6 Å². The summed E-state index contributed by atoms with van der Waals surface area (Å²) in [6, 6.07) is 10.4. The van der Waals surface area contributed by atoms with Gasteiger partial charge in [-0.1, -0.05) is 6.07 Å². The number of hydrogen-bond acceptors (Lipinski definition) is 5. The maximum absolute atomic E-state index is 12.4. The lowest BCUT2D eigenvalue weighted by molar-refractivity contribution is 0.340. The average Bonchev–Trinajstić information content (AvgIpc) is 3.26. The molecule has 0 saturated heterocycles. The van der Waals surface area contributed by atoms with Crippen LogP contribution in [0, 0.1) is 0 Å². The number of benzene rings is 1. The lowest BCUT2D eigenvalue weighted by Gasteiger charge is -2.08. The van der Waals surface area contributed by atoms with Gasteiger partial charge in [0.1, 0.15) is 11.4 Å². The van der Waals surface area contributed by atoms with Gasteiger partial charge in [0.05, 0.1) is 22.7 Å². The molecule has 3 aromatic rings. The van der Waals surface area contributed by atoms with Crippen LogP contribution in [0.2, 0.25) is 0 Å². The van der Waals surface area contributed by atoms with Crippen LogP contribution in [0.15, 0.2) is 53.0 Å². The van der Waals surface area contributed by atoms with E-state index in [4.69, 9.17) is 4.74 Å². The number of nitrogens with one attached hydrogen (secondary N) is 2. The fraction of sp³-hybridized carbons (Fsp3) is 0.235. The fourth-order valence-corrected chi connectivity index (χ4v) is 4.19. The van der Waals surface area contributed by atoms with Crippen LogP contribution in [0.4, 0.5) is 0 Å². The Kier molecular flexibility index (Phi) is 5.52. The third-order valence-electron chi connectivity index (χ3n) is 3.58. The minimum absolute atomic E-state index is 0.221. The number of H-pyrrole nitrogens is 1. The van der Waals surface area contributed by atoms with Crippen molar-refractivity contribution in [2.45, 2.75) is 18.2 Å². The Balaban J connectivity index is 1.62. The van der Waals surface area contributed by atoms with E-state index in [1.165, 1.54) is 0 Å². The van der Waals surface area contributed by atoms with Crippen molar-refractivity contribution in [1.29, 1.82) is 0 Å².